The monoisotopic (exact) mass is 246 g/mol. The molecule has 1 aromatic heterocycles. The lowest BCUT2D eigenvalue weighted by molar-refractivity contribution is -0.386. The van der Waals surface area contributed by atoms with Crippen molar-refractivity contribution >= 4 is 11.7 Å². The van der Waals surface area contributed by atoms with Gasteiger partial charge in [0.15, 0.2) is 0 Å². The average molecular weight is 246 g/mol. The first-order chi connectivity index (χ1) is 7.90. The highest BCUT2D eigenvalue weighted by molar-refractivity contribution is 5.95. The molecule has 8 heteroatoms. The van der Waals surface area contributed by atoms with Crippen molar-refractivity contribution in [1.82, 2.24) is 4.98 Å². The summed E-state index contributed by atoms with van der Waals surface area (Å²) >= 11 is 0. The number of hydrogen-bond acceptors (Lipinski definition) is 5. The van der Waals surface area contributed by atoms with Gasteiger partial charge in [-0.25, -0.2) is 13.6 Å². The molecule has 0 saturated heterocycles. The van der Waals surface area contributed by atoms with Crippen LogP contribution in [0.2, 0.25) is 0 Å². The van der Waals surface area contributed by atoms with Crippen molar-refractivity contribution in [2.75, 3.05) is 7.11 Å². The van der Waals surface area contributed by atoms with Crippen LogP contribution in [-0.4, -0.2) is 23.0 Å². The Balaban J connectivity index is 3.61. The molecule has 0 N–H and O–H groups in total. The zero-order valence-corrected chi connectivity index (χ0v) is 8.94. The second-order valence-electron chi connectivity index (χ2n) is 3.07. The molecule has 0 atom stereocenters. The second-order valence-corrected chi connectivity index (χ2v) is 3.07. The van der Waals surface area contributed by atoms with Gasteiger partial charge in [-0.15, -0.1) is 0 Å². The number of halogens is 2. The van der Waals surface area contributed by atoms with E-state index in [9.17, 15) is 23.7 Å². The van der Waals surface area contributed by atoms with E-state index in [2.05, 4.69) is 9.72 Å². The third-order valence-electron chi connectivity index (χ3n) is 2.07. The smallest absolute Gasteiger partial charge is 0.345 e. The van der Waals surface area contributed by atoms with Crippen molar-refractivity contribution in [2.45, 2.75) is 13.3 Å². The summed E-state index contributed by atoms with van der Waals surface area (Å²) in [7, 11) is 0.955. The van der Waals surface area contributed by atoms with Crippen molar-refractivity contribution in [3.63, 3.8) is 0 Å². The number of esters is 1. The molecule has 1 heterocycles. The summed E-state index contributed by atoms with van der Waals surface area (Å²) in [6, 6.07) is 0. The summed E-state index contributed by atoms with van der Waals surface area (Å²) in [5.41, 5.74) is -2.44. The van der Waals surface area contributed by atoms with Gasteiger partial charge in [-0.2, -0.15) is 0 Å². The maximum absolute atomic E-state index is 12.6. The van der Waals surface area contributed by atoms with Crippen molar-refractivity contribution < 1.29 is 23.2 Å². The van der Waals surface area contributed by atoms with Crippen molar-refractivity contribution in [3.05, 3.63) is 33.1 Å². The van der Waals surface area contributed by atoms with Crippen LogP contribution in [0.15, 0.2) is 6.20 Å². The first-order valence-corrected chi connectivity index (χ1v) is 4.40. The lowest BCUT2D eigenvalue weighted by Gasteiger charge is -2.08. The van der Waals surface area contributed by atoms with E-state index in [0.29, 0.717) is 0 Å². The van der Waals surface area contributed by atoms with Gasteiger partial charge in [-0.1, -0.05) is 0 Å². The molecule has 0 saturated carbocycles. The number of nitro groups is 1. The van der Waals surface area contributed by atoms with E-state index in [-0.39, 0.29) is 5.69 Å². The van der Waals surface area contributed by atoms with Crippen LogP contribution >= 0.6 is 0 Å². The Hall–Kier alpha value is -2.12. The van der Waals surface area contributed by atoms with Crippen LogP contribution in [0.1, 0.15) is 28.0 Å². The Bertz CT molecular complexity index is 476. The van der Waals surface area contributed by atoms with E-state index < -0.39 is 34.1 Å². The SMILES string of the molecule is COC(=O)c1c(C(F)F)cnc(C)c1[N+](=O)[O-]. The second kappa shape index (κ2) is 4.81. The molecule has 0 aliphatic heterocycles. The quantitative estimate of drug-likeness (QED) is 0.463. The van der Waals surface area contributed by atoms with E-state index in [0.717, 1.165) is 13.3 Å². The molecule has 0 bridgehead atoms. The normalized spacial score (nSPS) is 10.4. The summed E-state index contributed by atoms with van der Waals surface area (Å²) in [5, 5.41) is 10.8. The van der Waals surface area contributed by atoms with Gasteiger partial charge in [-0.05, 0) is 6.92 Å². The number of aryl methyl sites for hydroxylation is 1. The number of aromatic nitrogens is 1. The predicted molar refractivity (Wildman–Crippen MR) is 51.9 cm³/mol. The van der Waals surface area contributed by atoms with Crippen molar-refractivity contribution in [2.24, 2.45) is 0 Å². The van der Waals surface area contributed by atoms with Crippen LogP contribution < -0.4 is 0 Å². The van der Waals surface area contributed by atoms with Gasteiger partial charge in [0.1, 0.15) is 11.3 Å². The fraction of sp³-hybridized carbons (Fsp3) is 0.333. The molecular weight excluding hydrogens is 238 g/mol. The number of ether oxygens (including phenoxy) is 1. The van der Waals surface area contributed by atoms with Crippen LogP contribution in [0.3, 0.4) is 0 Å². The van der Waals surface area contributed by atoms with Crippen LogP contribution in [0.25, 0.3) is 0 Å². The molecule has 0 amide bonds. The Morgan fingerprint density at radius 1 is 1.59 bits per heavy atom. The molecule has 0 radical (unpaired) electrons. The third kappa shape index (κ3) is 2.35. The Kier molecular flexibility index (Phi) is 3.66. The molecule has 1 aromatic rings. The molecule has 0 aromatic carbocycles. The van der Waals surface area contributed by atoms with E-state index in [1.54, 1.807) is 0 Å². The number of nitrogens with zero attached hydrogens (tertiary/aromatic N) is 2. The number of alkyl halides is 2. The molecule has 0 aliphatic rings. The molecule has 6 nitrogen and oxygen atoms in total. The maximum atomic E-state index is 12.6. The molecule has 0 spiro atoms. The fourth-order valence-electron chi connectivity index (χ4n) is 1.32. The van der Waals surface area contributed by atoms with E-state index >= 15 is 0 Å². The maximum Gasteiger partial charge on any atom is 0.345 e. The number of carbonyl (C=O) groups excluding carboxylic acids is 1. The number of hydrogen-bond donors (Lipinski definition) is 0. The van der Waals surface area contributed by atoms with E-state index in [1.165, 1.54) is 6.92 Å². The minimum atomic E-state index is -3.05. The van der Waals surface area contributed by atoms with Crippen LogP contribution in [0.4, 0.5) is 14.5 Å². The van der Waals surface area contributed by atoms with Crippen molar-refractivity contribution in [1.29, 1.82) is 0 Å². The highest BCUT2D eigenvalue weighted by Crippen LogP contribution is 2.31. The Morgan fingerprint density at radius 2 is 2.18 bits per heavy atom. The van der Waals surface area contributed by atoms with Gasteiger partial charge >= 0.3 is 11.7 Å². The van der Waals surface area contributed by atoms with Gasteiger partial charge in [0.2, 0.25) is 0 Å². The molecule has 0 aliphatic carbocycles. The lowest BCUT2D eigenvalue weighted by atomic mass is 10.1. The highest BCUT2D eigenvalue weighted by Gasteiger charge is 2.31. The fourth-order valence-corrected chi connectivity index (χ4v) is 1.32. The molecule has 1 rings (SSSR count). The van der Waals surface area contributed by atoms with Crippen molar-refractivity contribution in [3.8, 4) is 0 Å². The zero-order chi connectivity index (χ0) is 13.2. The molecule has 0 fully saturated rings. The third-order valence-corrected chi connectivity index (χ3v) is 2.07. The average Bonchev–Trinajstić information content (AvgIpc) is 2.26. The molecular formula is C9H8F2N2O4. The van der Waals surface area contributed by atoms with Gasteiger partial charge in [0.25, 0.3) is 6.43 Å². The van der Waals surface area contributed by atoms with Gasteiger partial charge in [-0.3, -0.25) is 15.1 Å². The minimum Gasteiger partial charge on any atom is -0.465 e. The molecule has 17 heavy (non-hydrogen) atoms. The van der Waals surface area contributed by atoms with Gasteiger partial charge in [0.05, 0.1) is 17.6 Å². The summed E-state index contributed by atoms with van der Waals surface area (Å²) in [6.07, 6.45) is -2.31. The van der Waals surface area contributed by atoms with E-state index in [4.69, 9.17) is 0 Å². The summed E-state index contributed by atoms with van der Waals surface area (Å²) in [6.45, 7) is 1.25. The van der Waals surface area contributed by atoms with Gasteiger partial charge in [0, 0.05) is 6.20 Å². The largest absolute Gasteiger partial charge is 0.465 e. The summed E-state index contributed by atoms with van der Waals surface area (Å²) < 4.78 is 29.5. The van der Waals surface area contributed by atoms with Crippen LogP contribution in [-0.2, 0) is 4.74 Å². The highest BCUT2D eigenvalue weighted by atomic mass is 19.3. The molecule has 0 unspecified atom stereocenters. The number of methoxy groups -OCH3 is 1. The summed E-state index contributed by atoms with van der Waals surface area (Å²) in [5.74, 6) is -1.18. The Morgan fingerprint density at radius 3 is 2.59 bits per heavy atom. The minimum absolute atomic E-state index is 0.125. The van der Waals surface area contributed by atoms with Crippen LogP contribution in [0, 0.1) is 17.0 Å². The number of carbonyl (C=O) groups is 1. The van der Waals surface area contributed by atoms with Crippen LogP contribution in [0.5, 0.6) is 0 Å². The first kappa shape index (κ1) is 12.9. The topological polar surface area (TPSA) is 82.3 Å². The zero-order valence-electron chi connectivity index (χ0n) is 8.94. The number of pyridine rings is 1. The first-order valence-electron chi connectivity index (χ1n) is 4.40. The molecule has 92 valence electrons. The predicted octanol–water partition coefficient (Wildman–Crippen LogP) is 2.02. The van der Waals surface area contributed by atoms with Gasteiger partial charge < -0.3 is 4.74 Å². The summed E-state index contributed by atoms with van der Waals surface area (Å²) in [4.78, 5) is 24.6. The number of rotatable bonds is 3. The Labute approximate surface area is 94.4 Å². The van der Waals surface area contributed by atoms with E-state index in [1.807, 2.05) is 0 Å². The standard InChI is InChI=1S/C9H8F2N2O4/c1-4-7(13(15)16)6(9(14)17-2)5(3-12-4)8(10)11/h3,8H,1-2H3. The lowest BCUT2D eigenvalue weighted by Crippen LogP contribution is -2.12.